The van der Waals surface area contributed by atoms with E-state index in [1.54, 1.807) is 6.07 Å². The Bertz CT molecular complexity index is 366. The summed E-state index contributed by atoms with van der Waals surface area (Å²) in [6.07, 6.45) is 5.52. The fourth-order valence-corrected chi connectivity index (χ4v) is 2.15. The zero-order valence-electron chi connectivity index (χ0n) is 10.2. The zero-order valence-corrected chi connectivity index (χ0v) is 10.2. The number of carbonyl (C=O) groups is 1. The van der Waals surface area contributed by atoms with Gasteiger partial charge in [0.1, 0.15) is 5.69 Å². The van der Waals surface area contributed by atoms with E-state index in [9.17, 15) is 4.79 Å². The van der Waals surface area contributed by atoms with Gasteiger partial charge in [-0.2, -0.15) is 0 Å². The average Bonchev–Trinajstić information content (AvgIpc) is 2.98. The summed E-state index contributed by atoms with van der Waals surface area (Å²) in [5.41, 5.74) is 0.629. The van der Waals surface area contributed by atoms with Gasteiger partial charge in [-0.3, -0.25) is 0 Å². The van der Waals surface area contributed by atoms with Crippen LogP contribution in [-0.4, -0.2) is 29.9 Å². The molecule has 1 atom stereocenters. The van der Waals surface area contributed by atoms with Crippen LogP contribution in [-0.2, 0) is 16.0 Å². The first-order valence-electron chi connectivity index (χ1n) is 6.25. The first kappa shape index (κ1) is 12.2. The topological polar surface area (TPSA) is 40.5 Å². The lowest BCUT2D eigenvalue weighted by Gasteiger charge is -2.12. The van der Waals surface area contributed by atoms with Gasteiger partial charge < -0.3 is 14.0 Å². The van der Waals surface area contributed by atoms with Gasteiger partial charge >= 0.3 is 5.97 Å². The van der Waals surface area contributed by atoms with E-state index >= 15 is 0 Å². The fourth-order valence-electron chi connectivity index (χ4n) is 2.15. The van der Waals surface area contributed by atoms with Crippen molar-refractivity contribution in [3.05, 3.63) is 24.0 Å². The average molecular weight is 237 g/mol. The maximum atomic E-state index is 11.6. The molecule has 0 spiro atoms. The molecule has 17 heavy (non-hydrogen) atoms. The molecule has 0 N–H and O–H groups in total. The van der Waals surface area contributed by atoms with Gasteiger partial charge in [0.25, 0.3) is 0 Å². The van der Waals surface area contributed by atoms with Crippen molar-refractivity contribution in [3.63, 3.8) is 0 Å². The predicted molar refractivity (Wildman–Crippen MR) is 64.0 cm³/mol. The molecular weight excluding hydrogens is 218 g/mol. The van der Waals surface area contributed by atoms with E-state index in [2.05, 4.69) is 0 Å². The Labute approximate surface area is 102 Å². The van der Waals surface area contributed by atoms with E-state index in [0.717, 1.165) is 32.4 Å². The smallest absolute Gasteiger partial charge is 0.354 e. The lowest BCUT2D eigenvalue weighted by atomic mass is 10.2. The molecular formula is C13H19NO3. The molecule has 0 bridgehead atoms. The third-order valence-corrected chi connectivity index (χ3v) is 3.03. The van der Waals surface area contributed by atoms with E-state index < -0.39 is 0 Å². The van der Waals surface area contributed by atoms with Gasteiger partial charge in [-0.25, -0.2) is 4.79 Å². The van der Waals surface area contributed by atoms with E-state index in [1.807, 2.05) is 23.8 Å². The number of nitrogens with zero attached hydrogens (tertiary/aromatic N) is 1. The summed E-state index contributed by atoms with van der Waals surface area (Å²) in [7, 11) is 0. The standard InChI is InChI=1S/C13H19NO3/c1-2-16-13(15)12-6-3-8-14(12)9-7-11-5-4-10-17-11/h3,6,8,11H,2,4-5,7,9-10H2,1H3. The normalized spacial score (nSPS) is 19.5. The van der Waals surface area contributed by atoms with E-state index in [0.29, 0.717) is 18.4 Å². The number of hydrogen-bond donors (Lipinski definition) is 0. The van der Waals surface area contributed by atoms with Crippen LogP contribution in [0.25, 0.3) is 0 Å². The van der Waals surface area contributed by atoms with Crippen LogP contribution < -0.4 is 0 Å². The molecule has 0 aliphatic carbocycles. The van der Waals surface area contributed by atoms with Gasteiger partial charge in [0.15, 0.2) is 0 Å². The molecule has 1 aliphatic heterocycles. The summed E-state index contributed by atoms with van der Waals surface area (Å²) in [4.78, 5) is 11.6. The van der Waals surface area contributed by atoms with Gasteiger partial charge in [0, 0.05) is 19.3 Å². The van der Waals surface area contributed by atoms with Crippen molar-refractivity contribution in [1.82, 2.24) is 4.57 Å². The summed E-state index contributed by atoms with van der Waals surface area (Å²) in [5, 5.41) is 0. The van der Waals surface area contributed by atoms with Crippen LogP contribution in [0.4, 0.5) is 0 Å². The number of aromatic nitrogens is 1. The van der Waals surface area contributed by atoms with Crippen LogP contribution in [0.1, 0.15) is 36.7 Å². The second-order valence-electron chi connectivity index (χ2n) is 4.23. The summed E-state index contributed by atoms with van der Waals surface area (Å²) >= 11 is 0. The Balaban J connectivity index is 1.91. The highest BCUT2D eigenvalue weighted by Gasteiger charge is 2.17. The predicted octanol–water partition coefficient (Wildman–Crippen LogP) is 2.23. The molecule has 2 heterocycles. The molecule has 1 aromatic heterocycles. The van der Waals surface area contributed by atoms with E-state index in [4.69, 9.17) is 9.47 Å². The van der Waals surface area contributed by atoms with Gasteiger partial charge in [-0.1, -0.05) is 0 Å². The third kappa shape index (κ3) is 3.09. The van der Waals surface area contributed by atoms with Crippen LogP contribution in [0.2, 0.25) is 0 Å². The molecule has 1 saturated heterocycles. The quantitative estimate of drug-likeness (QED) is 0.737. The van der Waals surface area contributed by atoms with Crippen molar-refractivity contribution in [3.8, 4) is 0 Å². The summed E-state index contributed by atoms with van der Waals surface area (Å²) in [6, 6.07) is 3.68. The fraction of sp³-hybridized carbons (Fsp3) is 0.615. The van der Waals surface area contributed by atoms with Crippen molar-refractivity contribution >= 4 is 5.97 Å². The van der Waals surface area contributed by atoms with Crippen LogP contribution in [0.5, 0.6) is 0 Å². The van der Waals surface area contributed by atoms with Gasteiger partial charge in [0.2, 0.25) is 0 Å². The monoisotopic (exact) mass is 237 g/mol. The number of rotatable bonds is 5. The Morgan fingerprint density at radius 3 is 3.24 bits per heavy atom. The first-order valence-corrected chi connectivity index (χ1v) is 6.25. The second-order valence-corrected chi connectivity index (χ2v) is 4.23. The highest BCUT2D eigenvalue weighted by atomic mass is 16.5. The Morgan fingerprint density at radius 1 is 1.65 bits per heavy atom. The van der Waals surface area contributed by atoms with Crippen LogP contribution in [0.3, 0.4) is 0 Å². The van der Waals surface area contributed by atoms with Gasteiger partial charge in [-0.15, -0.1) is 0 Å². The Hall–Kier alpha value is -1.29. The van der Waals surface area contributed by atoms with Crippen molar-refractivity contribution in [2.45, 2.75) is 38.8 Å². The molecule has 1 aromatic rings. The molecule has 2 rings (SSSR count). The number of aryl methyl sites for hydroxylation is 1. The van der Waals surface area contributed by atoms with Gasteiger partial charge in [0.05, 0.1) is 12.7 Å². The minimum absolute atomic E-state index is 0.246. The molecule has 0 amide bonds. The lowest BCUT2D eigenvalue weighted by molar-refractivity contribution is 0.0510. The minimum Gasteiger partial charge on any atom is -0.461 e. The third-order valence-electron chi connectivity index (χ3n) is 3.03. The lowest BCUT2D eigenvalue weighted by Crippen LogP contribution is -2.15. The van der Waals surface area contributed by atoms with Crippen molar-refractivity contribution in [2.24, 2.45) is 0 Å². The number of carbonyl (C=O) groups excluding carboxylic acids is 1. The minimum atomic E-state index is -0.246. The molecule has 94 valence electrons. The molecule has 1 fully saturated rings. The van der Waals surface area contributed by atoms with Crippen molar-refractivity contribution < 1.29 is 14.3 Å². The summed E-state index contributed by atoms with van der Waals surface area (Å²) < 4.78 is 12.5. The van der Waals surface area contributed by atoms with E-state index in [1.165, 1.54) is 0 Å². The SMILES string of the molecule is CCOC(=O)c1cccn1CCC1CCCO1. The maximum absolute atomic E-state index is 11.6. The zero-order chi connectivity index (χ0) is 12.1. The highest BCUT2D eigenvalue weighted by molar-refractivity contribution is 5.87. The Morgan fingerprint density at radius 2 is 2.53 bits per heavy atom. The molecule has 4 nitrogen and oxygen atoms in total. The largest absolute Gasteiger partial charge is 0.461 e. The molecule has 0 saturated carbocycles. The first-order chi connectivity index (χ1) is 8.31. The Kier molecular flexibility index (Phi) is 4.20. The molecule has 0 radical (unpaired) electrons. The van der Waals surface area contributed by atoms with Crippen LogP contribution in [0.15, 0.2) is 18.3 Å². The number of hydrogen-bond acceptors (Lipinski definition) is 3. The molecule has 1 aliphatic rings. The second kappa shape index (κ2) is 5.87. The molecule has 1 unspecified atom stereocenters. The molecule has 4 heteroatoms. The summed E-state index contributed by atoms with van der Waals surface area (Å²) in [6.45, 7) is 3.92. The van der Waals surface area contributed by atoms with Crippen LogP contribution >= 0.6 is 0 Å². The van der Waals surface area contributed by atoms with Crippen molar-refractivity contribution in [1.29, 1.82) is 0 Å². The van der Waals surface area contributed by atoms with Crippen molar-refractivity contribution in [2.75, 3.05) is 13.2 Å². The summed E-state index contributed by atoms with van der Waals surface area (Å²) in [5.74, 6) is -0.246. The number of ether oxygens (including phenoxy) is 2. The molecule has 0 aromatic carbocycles. The number of esters is 1. The van der Waals surface area contributed by atoms with Gasteiger partial charge in [-0.05, 0) is 38.3 Å². The van der Waals surface area contributed by atoms with E-state index in [-0.39, 0.29) is 5.97 Å². The highest BCUT2D eigenvalue weighted by Crippen LogP contribution is 2.17. The maximum Gasteiger partial charge on any atom is 0.354 e. The van der Waals surface area contributed by atoms with Crippen LogP contribution in [0, 0.1) is 0 Å².